The molecule has 2 heterocycles. The van der Waals surface area contributed by atoms with Gasteiger partial charge in [0.15, 0.2) is 0 Å². The molecule has 1 aromatic carbocycles. The summed E-state index contributed by atoms with van der Waals surface area (Å²) in [5.41, 5.74) is 2.69. The number of thiophene rings is 1. The molecule has 0 radical (unpaired) electrons. The minimum atomic E-state index is 0.590. The molecule has 3 heteroatoms. The standard InChI is InChI=1S/C16H20N2S/c1-2-5-14(6-3-1)11-18-9-4-7-15(12-18)17-16-8-10-19-13-16/h1-3,5-6,8,10,13,15,17H,4,7,9,11-12H2. The van der Waals surface area contributed by atoms with E-state index in [0.29, 0.717) is 6.04 Å². The quantitative estimate of drug-likeness (QED) is 0.910. The van der Waals surface area contributed by atoms with Gasteiger partial charge in [-0.05, 0) is 36.4 Å². The third kappa shape index (κ3) is 3.58. The molecule has 1 N–H and O–H groups in total. The van der Waals surface area contributed by atoms with Crippen LogP contribution in [0, 0.1) is 0 Å². The summed E-state index contributed by atoms with van der Waals surface area (Å²) in [5, 5.41) is 7.97. The Morgan fingerprint density at radius 1 is 1.21 bits per heavy atom. The van der Waals surface area contributed by atoms with Gasteiger partial charge in [0.1, 0.15) is 0 Å². The van der Waals surface area contributed by atoms with E-state index in [-0.39, 0.29) is 0 Å². The van der Waals surface area contributed by atoms with E-state index in [1.54, 1.807) is 11.3 Å². The first kappa shape index (κ1) is 12.7. The molecule has 1 saturated heterocycles. The first-order valence-electron chi connectivity index (χ1n) is 6.95. The lowest BCUT2D eigenvalue weighted by molar-refractivity contribution is 0.208. The van der Waals surface area contributed by atoms with Gasteiger partial charge >= 0.3 is 0 Å². The van der Waals surface area contributed by atoms with Gasteiger partial charge in [-0.15, -0.1) is 0 Å². The fraction of sp³-hybridized carbons (Fsp3) is 0.375. The fourth-order valence-electron chi connectivity index (χ4n) is 2.74. The third-order valence-electron chi connectivity index (χ3n) is 3.65. The monoisotopic (exact) mass is 272 g/mol. The summed E-state index contributed by atoms with van der Waals surface area (Å²) in [4.78, 5) is 2.56. The van der Waals surface area contributed by atoms with Gasteiger partial charge < -0.3 is 5.32 Å². The molecule has 1 aliphatic rings. The highest BCUT2D eigenvalue weighted by atomic mass is 32.1. The van der Waals surface area contributed by atoms with Gasteiger partial charge in [0.05, 0.1) is 0 Å². The van der Waals surface area contributed by atoms with Crippen LogP contribution in [0.15, 0.2) is 47.2 Å². The van der Waals surface area contributed by atoms with Crippen LogP contribution in [0.2, 0.25) is 0 Å². The summed E-state index contributed by atoms with van der Waals surface area (Å²) in [6.07, 6.45) is 2.57. The zero-order chi connectivity index (χ0) is 12.9. The highest BCUT2D eigenvalue weighted by Gasteiger charge is 2.19. The number of nitrogens with one attached hydrogen (secondary N) is 1. The first-order chi connectivity index (χ1) is 9.40. The van der Waals surface area contributed by atoms with Crippen molar-refractivity contribution in [3.05, 3.63) is 52.7 Å². The molecule has 1 atom stereocenters. The Labute approximate surface area is 119 Å². The maximum atomic E-state index is 3.65. The molecule has 0 saturated carbocycles. The van der Waals surface area contributed by atoms with Crippen molar-refractivity contribution in [1.29, 1.82) is 0 Å². The summed E-state index contributed by atoms with van der Waals surface area (Å²) >= 11 is 1.76. The van der Waals surface area contributed by atoms with Crippen LogP contribution in [0.4, 0.5) is 5.69 Å². The molecule has 2 aromatic rings. The molecule has 19 heavy (non-hydrogen) atoms. The van der Waals surface area contributed by atoms with Crippen LogP contribution < -0.4 is 5.32 Å². The summed E-state index contributed by atoms with van der Waals surface area (Å²) in [6, 6.07) is 13.5. The lowest BCUT2D eigenvalue weighted by atomic mass is 10.0. The van der Waals surface area contributed by atoms with E-state index < -0.39 is 0 Å². The minimum Gasteiger partial charge on any atom is -0.380 e. The van der Waals surface area contributed by atoms with Crippen molar-refractivity contribution in [1.82, 2.24) is 4.90 Å². The molecule has 1 aromatic heterocycles. The largest absolute Gasteiger partial charge is 0.380 e. The molecular weight excluding hydrogens is 252 g/mol. The molecular formula is C16H20N2S. The zero-order valence-corrected chi connectivity index (χ0v) is 11.9. The Morgan fingerprint density at radius 3 is 2.89 bits per heavy atom. The molecule has 1 fully saturated rings. The molecule has 2 nitrogen and oxygen atoms in total. The summed E-state index contributed by atoms with van der Waals surface area (Å²) < 4.78 is 0. The summed E-state index contributed by atoms with van der Waals surface area (Å²) in [6.45, 7) is 3.43. The molecule has 0 amide bonds. The van der Waals surface area contributed by atoms with Crippen LogP contribution in [0.1, 0.15) is 18.4 Å². The van der Waals surface area contributed by atoms with Crippen molar-refractivity contribution in [3.8, 4) is 0 Å². The van der Waals surface area contributed by atoms with Gasteiger partial charge in [-0.25, -0.2) is 0 Å². The van der Waals surface area contributed by atoms with Gasteiger partial charge in [-0.1, -0.05) is 30.3 Å². The van der Waals surface area contributed by atoms with Crippen LogP contribution in [-0.4, -0.2) is 24.0 Å². The second kappa shape index (κ2) is 6.22. The van der Waals surface area contributed by atoms with Crippen LogP contribution >= 0.6 is 11.3 Å². The van der Waals surface area contributed by atoms with Crippen molar-refractivity contribution < 1.29 is 0 Å². The lowest BCUT2D eigenvalue weighted by Gasteiger charge is -2.33. The Hall–Kier alpha value is -1.32. The highest BCUT2D eigenvalue weighted by molar-refractivity contribution is 7.08. The Morgan fingerprint density at radius 2 is 2.11 bits per heavy atom. The van der Waals surface area contributed by atoms with Gasteiger partial charge in [0, 0.05) is 30.2 Å². The maximum Gasteiger partial charge on any atom is 0.0451 e. The van der Waals surface area contributed by atoms with Crippen molar-refractivity contribution >= 4 is 17.0 Å². The SMILES string of the molecule is c1ccc(CN2CCCC(Nc3ccsc3)C2)cc1. The Kier molecular flexibility index (Phi) is 4.16. The lowest BCUT2D eigenvalue weighted by Crippen LogP contribution is -2.41. The van der Waals surface area contributed by atoms with Crippen LogP contribution in [-0.2, 0) is 6.54 Å². The number of benzene rings is 1. The van der Waals surface area contributed by atoms with E-state index in [0.717, 1.165) is 13.1 Å². The van der Waals surface area contributed by atoms with Crippen molar-refractivity contribution in [2.45, 2.75) is 25.4 Å². The Bertz CT molecular complexity index is 481. The van der Waals surface area contributed by atoms with Crippen molar-refractivity contribution in [2.24, 2.45) is 0 Å². The van der Waals surface area contributed by atoms with Gasteiger partial charge in [0.25, 0.3) is 0 Å². The number of likely N-dealkylation sites (tertiary alicyclic amines) is 1. The van der Waals surface area contributed by atoms with Crippen LogP contribution in [0.5, 0.6) is 0 Å². The van der Waals surface area contributed by atoms with Crippen LogP contribution in [0.3, 0.4) is 0 Å². The molecule has 0 bridgehead atoms. The molecule has 0 spiro atoms. The van der Waals surface area contributed by atoms with Gasteiger partial charge in [0.2, 0.25) is 0 Å². The molecule has 3 rings (SSSR count). The van der Waals surface area contributed by atoms with Crippen LogP contribution in [0.25, 0.3) is 0 Å². The topological polar surface area (TPSA) is 15.3 Å². The van der Waals surface area contributed by atoms with E-state index in [2.05, 4.69) is 57.4 Å². The van der Waals surface area contributed by atoms with E-state index in [4.69, 9.17) is 0 Å². The molecule has 1 aliphatic heterocycles. The third-order valence-corrected chi connectivity index (χ3v) is 4.33. The normalized spacial score (nSPS) is 20.3. The maximum absolute atomic E-state index is 3.65. The van der Waals surface area contributed by atoms with Crippen molar-refractivity contribution in [3.63, 3.8) is 0 Å². The number of hydrogen-bond acceptors (Lipinski definition) is 3. The Balaban J connectivity index is 1.56. The van der Waals surface area contributed by atoms with E-state index in [1.165, 1.54) is 30.6 Å². The number of rotatable bonds is 4. The predicted molar refractivity (Wildman–Crippen MR) is 82.7 cm³/mol. The first-order valence-corrected chi connectivity index (χ1v) is 7.89. The number of nitrogens with zero attached hydrogens (tertiary/aromatic N) is 1. The van der Waals surface area contributed by atoms with Crippen molar-refractivity contribution in [2.75, 3.05) is 18.4 Å². The molecule has 1 unspecified atom stereocenters. The van der Waals surface area contributed by atoms with Gasteiger partial charge in [-0.3, -0.25) is 4.90 Å². The second-order valence-electron chi connectivity index (χ2n) is 5.22. The second-order valence-corrected chi connectivity index (χ2v) is 6.00. The predicted octanol–water partition coefficient (Wildman–Crippen LogP) is 3.82. The van der Waals surface area contributed by atoms with Gasteiger partial charge in [-0.2, -0.15) is 11.3 Å². The smallest absolute Gasteiger partial charge is 0.0451 e. The summed E-state index contributed by atoms with van der Waals surface area (Å²) in [5.74, 6) is 0. The molecule has 100 valence electrons. The number of anilines is 1. The summed E-state index contributed by atoms with van der Waals surface area (Å²) in [7, 11) is 0. The minimum absolute atomic E-state index is 0.590. The van der Waals surface area contributed by atoms with E-state index in [9.17, 15) is 0 Å². The average Bonchev–Trinajstić information content (AvgIpc) is 2.93. The fourth-order valence-corrected chi connectivity index (χ4v) is 3.34. The van der Waals surface area contributed by atoms with E-state index >= 15 is 0 Å². The average molecular weight is 272 g/mol. The van der Waals surface area contributed by atoms with E-state index in [1.807, 2.05) is 0 Å². The number of hydrogen-bond donors (Lipinski definition) is 1. The highest BCUT2D eigenvalue weighted by Crippen LogP contribution is 2.19. The molecule has 0 aliphatic carbocycles. The zero-order valence-electron chi connectivity index (χ0n) is 11.1. The number of piperidine rings is 1.